The van der Waals surface area contributed by atoms with Crippen LogP contribution in [0.15, 0.2) is 23.0 Å². The summed E-state index contributed by atoms with van der Waals surface area (Å²) >= 11 is 0. The maximum Gasteiger partial charge on any atom is 0.323 e. The average molecular weight is 162 g/mol. The first-order valence-electron chi connectivity index (χ1n) is 3.62. The monoisotopic (exact) mass is 162 g/mol. The molecule has 0 aliphatic rings. The Morgan fingerprint density at radius 3 is 2.92 bits per heavy atom. The third-order valence-electron chi connectivity index (χ3n) is 1.77. The van der Waals surface area contributed by atoms with Crippen LogP contribution >= 0.6 is 0 Å². The lowest BCUT2D eigenvalue weighted by atomic mass is 10.3. The number of nitrogens with one attached hydrogen (secondary N) is 2. The van der Waals surface area contributed by atoms with Crippen molar-refractivity contribution in [1.82, 2.24) is 15.3 Å². The van der Waals surface area contributed by atoms with Gasteiger partial charge in [-0.15, -0.1) is 0 Å². The Bertz CT molecular complexity index is 455. The summed E-state index contributed by atoms with van der Waals surface area (Å²) in [7, 11) is 1.69. The zero-order valence-electron chi connectivity index (χ0n) is 6.59. The molecular weight excluding hydrogens is 154 g/mol. The topological polar surface area (TPSA) is 62.8 Å². The molecule has 12 heavy (non-hydrogen) atoms. The van der Waals surface area contributed by atoms with Gasteiger partial charge in [0.15, 0.2) is 0 Å². The smallest absolute Gasteiger partial charge is 0.306 e. The predicted octanol–water partition coefficient (Wildman–Crippen LogP) is 0.722. The predicted molar refractivity (Wildman–Crippen MR) is 46.6 cm³/mol. The van der Waals surface area contributed by atoms with Gasteiger partial charge in [0, 0.05) is 7.05 Å². The van der Waals surface area contributed by atoms with Gasteiger partial charge in [0.1, 0.15) is 0 Å². The molecule has 2 N–H and O–H groups in total. The van der Waals surface area contributed by atoms with Crippen molar-refractivity contribution >= 4 is 16.7 Å². The highest BCUT2D eigenvalue weighted by Crippen LogP contribution is 2.17. The molecule has 1 aromatic heterocycles. The molecule has 4 heteroatoms. The first-order valence-corrected chi connectivity index (χ1v) is 3.62. The van der Waals surface area contributed by atoms with Gasteiger partial charge in [-0.1, -0.05) is 6.07 Å². The quantitative estimate of drug-likeness (QED) is 0.637. The van der Waals surface area contributed by atoms with Gasteiger partial charge in [-0.05, 0) is 12.1 Å². The Labute approximate surface area is 68.6 Å². The number of H-pyrrole nitrogens is 2. The molecular formula is C8H8N3O. The minimum atomic E-state index is -0.193. The van der Waals surface area contributed by atoms with E-state index < -0.39 is 0 Å². The molecule has 0 atom stereocenters. The van der Waals surface area contributed by atoms with Crippen LogP contribution in [0.1, 0.15) is 0 Å². The van der Waals surface area contributed by atoms with Crippen LogP contribution in [-0.2, 0) is 0 Å². The zero-order chi connectivity index (χ0) is 8.55. The van der Waals surface area contributed by atoms with E-state index in [9.17, 15) is 4.79 Å². The summed E-state index contributed by atoms with van der Waals surface area (Å²) in [5.41, 5.74) is 2.17. The van der Waals surface area contributed by atoms with E-state index in [2.05, 4.69) is 15.3 Å². The first kappa shape index (κ1) is 6.97. The summed E-state index contributed by atoms with van der Waals surface area (Å²) in [5, 5.41) is 4.02. The van der Waals surface area contributed by atoms with Gasteiger partial charge in [-0.25, -0.2) is 4.79 Å². The lowest BCUT2D eigenvalue weighted by Crippen LogP contribution is -1.99. The number of aromatic amines is 2. The number of fused-ring (bicyclic) bond motifs is 1. The maximum atomic E-state index is 10.9. The molecule has 0 bridgehead atoms. The second-order valence-corrected chi connectivity index (χ2v) is 2.50. The second-order valence-electron chi connectivity index (χ2n) is 2.50. The molecule has 0 aliphatic carbocycles. The largest absolute Gasteiger partial charge is 0.323 e. The highest BCUT2D eigenvalue weighted by molar-refractivity contribution is 5.85. The van der Waals surface area contributed by atoms with Crippen LogP contribution in [-0.4, -0.2) is 17.0 Å². The fourth-order valence-corrected chi connectivity index (χ4v) is 1.23. The Kier molecular flexibility index (Phi) is 1.40. The number of nitrogens with zero attached hydrogens (tertiary/aromatic N) is 1. The number of imidazole rings is 1. The van der Waals surface area contributed by atoms with Crippen molar-refractivity contribution in [2.75, 3.05) is 7.05 Å². The van der Waals surface area contributed by atoms with E-state index in [0.29, 0.717) is 0 Å². The normalized spacial score (nSPS) is 10.4. The molecule has 1 aromatic carbocycles. The number of para-hydroxylation sites is 1. The van der Waals surface area contributed by atoms with Gasteiger partial charge in [0.05, 0.1) is 16.7 Å². The average Bonchev–Trinajstić information content (AvgIpc) is 2.44. The summed E-state index contributed by atoms with van der Waals surface area (Å²) in [6.45, 7) is 0. The molecule has 0 fully saturated rings. The standard InChI is InChI=1S/C8H8N3O/c1-9-5-3-2-4-6-7(5)11-8(12)10-6/h2-4H,1H3,(H2,10,11,12). The van der Waals surface area contributed by atoms with Crippen molar-refractivity contribution in [3.05, 3.63) is 28.7 Å². The summed E-state index contributed by atoms with van der Waals surface area (Å²) in [4.78, 5) is 16.2. The summed E-state index contributed by atoms with van der Waals surface area (Å²) < 4.78 is 0. The molecule has 61 valence electrons. The molecule has 4 nitrogen and oxygen atoms in total. The summed E-state index contributed by atoms with van der Waals surface area (Å²) in [6, 6.07) is 5.54. The Balaban J connectivity index is 2.87. The van der Waals surface area contributed by atoms with Crippen LogP contribution in [0.3, 0.4) is 0 Å². The van der Waals surface area contributed by atoms with Gasteiger partial charge in [0.2, 0.25) is 0 Å². The molecule has 0 amide bonds. The molecule has 0 spiro atoms. The van der Waals surface area contributed by atoms with Crippen LogP contribution in [0, 0.1) is 0 Å². The molecule has 1 heterocycles. The fraction of sp³-hybridized carbons (Fsp3) is 0.125. The number of benzene rings is 1. The molecule has 0 saturated heterocycles. The number of aromatic nitrogens is 2. The molecule has 0 aliphatic heterocycles. The number of hydrogen-bond donors (Lipinski definition) is 2. The third-order valence-corrected chi connectivity index (χ3v) is 1.77. The Hall–Kier alpha value is -1.71. The maximum absolute atomic E-state index is 10.9. The van der Waals surface area contributed by atoms with Crippen molar-refractivity contribution < 1.29 is 0 Å². The fourth-order valence-electron chi connectivity index (χ4n) is 1.23. The summed E-state index contributed by atoms with van der Waals surface area (Å²) in [6.07, 6.45) is 0. The van der Waals surface area contributed by atoms with Crippen LogP contribution in [0.5, 0.6) is 0 Å². The highest BCUT2D eigenvalue weighted by Gasteiger charge is 2.01. The third kappa shape index (κ3) is 0.887. The molecule has 1 radical (unpaired) electrons. The van der Waals surface area contributed by atoms with E-state index in [4.69, 9.17) is 0 Å². The minimum Gasteiger partial charge on any atom is -0.306 e. The summed E-state index contributed by atoms with van der Waals surface area (Å²) in [5.74, 6) is 0. The van der Waals surface area contributed by atoms with E-state index >= 15 is 0 Å². The van der Waals surface area contributed by atoms with E-state index in [1.165, 1.54) is 0 Å². The van der Waals surface area contributed by atoms with Crippen molar-refractivity contribution in [2.24, 2.45) is 0 Å². The molecule has 2 aromatic rings. The minimum absolute atomic E-state index is 0.193. The highest BCUT2D eigenvalue weighted by atomic mass is 16.1. The van der Waals surface area contributed by atoms with Crippen LogP contribution in [0.2, 0.25) is 0 Å². The van der Waals surface area contributed by atoms with Crippen LogP contribution in [0.4, 0.5) is 5.69 Å². The van der Waals surface area contributed by atoms with E-state index in [0.717, 1.165) is 16.7 Å². The Morgan fingerprint density at radius 2 is 2.17 bits per heavy atom. The van der Waals surface area contributed by atoms with Gasteiger partial charge in [0.25, 0.3) is 0 Å². The van der Waals surface area contributed by atoms with Gasteiger partial charge in [-0.2, -0.15) is 0 Å². The number of hydrogen-bond acceptors (Lipinski definition) is 1. The lowest BCUT2D eigenvalue weighted by molar-refractivity contribution is 1.09. The van der Waals surface area contributed by atoms with E-state index in [-0.39, 0.29) is 5.69 Å². The van der Waals surface area contributed by atoms with Crippen molar-refractivity contribution in [3.8, 4) is 0 Å². The Morgan fingerprint density at radius 1 is 1.33 bits per heavy atom. The van der Waals surface area contributed by atoms with Crippen molar-refractivity contribution in [1.29, 1.82) is 0 Å². The van der Waals surface area contributed by atoms with Gasteiger partial charge >= 0.3 is 5.69 Å². The van der Waals surface area contributed by atoms with E-state index in [1.54, 1.807) is 7.05 Å². The zero-order valence-corrected chi connectivity index (χ0v) is 6.59. The SMILES string of the molecule is C[N]c1cccc2[nH]c(=O)[nH]c12. The number of rotatable bonds is 1. The van der Waals surface area contributed by atoms with Crippen LogP contribution < -0.4 is 11.0 Å². The molecule has 2 rings (SSSR count). The molecule has 0 saturated carbocycles. The van der Waals surface area contributed by atoms with Gasteiger partial charge in [-0.3, -0.25) is 5.32 Å². The first-order chi connectivity index (χ1) is 5.81. The second kappa shape index (κ2) is 2.41. The lowest BCUT2D eigenvalue weighted by Gasteiger charge is -1.96. The van der Waals surface area contributed by atoms with Gasteiger partial charge < -0.3 is 9.97 Å². The van der Waals surface area contributed by atoms with Crippen molar-refractivity contribution in [2.45, 2.75) is 0 Å². The molecule has 0 unspecified atom stereocenters. The van der Waals surface area contributed by atoms with E-state index in [1.807, 2.05) is 18.2 Å². The van der Waals surface area contributed by atoms with Crippen molar-refractivity contribution in [3.63, 3.8) is 0 Å². The van der Waals surface area contributed by atoms with Crippen LogP contribution in [0.25, 0.3) is 11.0 Å².